The van der Waals surface area contributed by atoms with Gasteiger partial charge < -0.3 is 10.4 Å². The maximum atomic E-state index is 12.6. The molecular weight excluding hydrogens is 335 g/mol. The third kappa shape index (κ3) is 4.96. The summed E-state index contributed by atoms with van der Waals surface area (Å²) < 4.78 is 37.8. The minimum Gasteiger partial charge on any atom is -0.481 e. The van der Waals surface area contributed by atoms with Crippen LogP contribution in [0.4, 0.5) is 13.2 Å². The van der Waals surface area contributed by atoms with E-state index in [0.29, 0.717) is 31.2 Å². The summed E-state index contributed by atoms with van der Waals surface area (Å²) in [6.45, 7) is 1.83. The lowest BCUT2D eigenvalue weighted by molar-refractivity contribution is -0.141. The van der Waals surface area contributed by atoms with E-state index in [0.717, 1.165) is 18.6 Å². The van der Waals surface area contributed by atoms with Crippen LogP contribution in [0.15, 0.2) is 24.3 Å². The van der Waals surface area contributed by atoms with Crippen molar-refractivity contribution in [2.75, 3.05) is 0 Å². The number of alkyl halides is 3. The van der Waals surface area contributed by atoms with Crippen molar-refractivity contribution >= 4 is 11.9 Å². The van der Waals surface area contributed by atoms with E-state index < -0.39 is 29.2 Å². The second-order valence-electron chi connectivity index (χ2n) is 6.70. The number of rotatable bonds is 7. The van der Waals surface area contributed by atoms with Gasteiger partial charge in [0.25, 0.3) is 0 Å². The van der Waals surface area contributed by atoms with Crippen LogP contribution >= 0.6 is 0 Å². The molecule has 1 amide bonds. The second kappa shape index (κ2) is 7.45. The molecule has 0 radical (unpaired) electrons. The van der Waals surface area contributed by atoms with E-state index >= 15 is 0 Å². The second-order valence-corrected chi connectivity index (χ2v) is 6.70. The number of carboxylic acid groups (broad SMARTS) is 1. The number of halogens is 3. The molecule has 0 aliphatic heterocycles. The third-order valence-electron chi connectivity index (χ3n) is 4.82. The van der Waals surface area contributed by atoms with E-state index in [1.54, 1.807) is 0 Å². The molecule has 1 atom stereocenters. The fourth-order valence-electron chi connectivity index (χ4n) is 3.14. The number of carbonyl (C=O) groups excluding carboxylic acids is 1. The Hall–Kier alpha value is -2.05. The van der Waals surface area contributed by atoms with E-state index in [-0.39, 0.29) is 12.3 Å². The normalized spacial score (nSPS) is 17.4. The molecule has 2 rings (SSSR count). The van der Waals surface area contributed by atoms with Crippen LogP contribution in [0.5, 0.6) is 0 Å². The molecule has 1 aromatic carbocycles. The van der Waals surface area contributed by atoms with Crippen LogP contribution in [0.2, 0.25) is 0 Å². The molecule has 0 aromatic heterocycles. The highest BCUT2D eigenvalue weighted by atomic mass is 19.4. The van der Waals surface area contributed by atoms with Gasteiger partial charge in [-0.1, -0.05) is 19.1 Å². The number of carbonyl (C=O) groups is 2. The number of benzene rings is 1. The van der Waals surface area contributed by atoms with Crippen molar-refractivity contribution in [3.8, 4) is 0 Å². The zero-order valence-corrected chi connectivity index (χ0v) is 14.0. The van der Waals surface area contributed by atoms with Gasteiger partial charge in [0.05, 0.1) is 17.5 Å². The largest absolute Gasteiger partial charge is 0.481 e. The average molecular weight is 357 g/mol. The summed E-state index contributed by atoms with van der Waals surface area (Å²) in [5, 5.41) is 11.9. The summed E-state index contributed by atoms with van der Waals surface area (Å²) >= 11 is 0. The molecular formula is C18H22F3NO3. The van der Waals surface area contributed by atoms with Crippen molar-refractivity contribution in [2.45, 2.75) is 57.2 Å². The van der Waals surface area contributed by atoms with Crippen molar-refractivity contribution in [1.82, 2.24) is 5.32 Å². The summed E-state index contributed by atoms with van der Waals surface area (Å²) in [6.07, 6.45) is -1.48. The smallest absolute Gasteiger partial charge is 0.416 e. The highest BCUT2D eigenvalue weighted by Gasteiger charge is 2.41. The predicted molar refractivity (Wildman–Crippen MR) is 85.9 cm³/mol. The first-order valence-corrected chi connectivity index (χ1v) is 8.35. The molecule has 4 nitrogen and oxygen atoms in total. The van der Waals surface area contributed by atoms with Gasteiger partial charge in [0, 0.05) is 5.92 Å². The van der Waals surface area contributed by atoms with Gasteiger partial charge in [0.15, 0.2) is 0 Å². The lowest BCUT2D eigenvalue weighted by Crippen LogP contribution is -2.56. The van der Waals surface area contributed by atoms with Crippen LogP contribution < -0.4 is 5.32 Å². The minimum atomic E-state index is -4.38. The van der Waals surface area contributed by atoms with Crippen LogP contribution in [0.3, 0.4) is 0 Å². The Kier molecular flexibility index (Phi) is 5.75. The minimum absolute atomic E-state index is 0.102. The Morgan fingerprint density at radius 1 is 1.24 bits per heavy atom. The Bertz CT molecular complexity index is 621. The first-order chi connectivity index (χ1) is 11.6. The first-order valence-electron chi connectivity index (χ1n) is 8.35. The molecule has 0 heterocycles. The fourth-order valence-corrected chi connectivity index (χ4v) is 3.14. The molecule has 138 valence electrons. The van der Waals surface area contributed by atoms with E-state index in [9.17, 15) is 22.8 Å². The standard InChI is InChI=1S/C18H22F3NO3/c1-2-13(10-12-4-6-14(7-5-12)18(19,20)21)16(25)22-17(8-3-9-17)11-15(23)24/h4-7,13H,2-3,8-11H2,1H3,(H,22,25)(H,23,24). The van der Waals surface area contributed by atoms with E-state index in [2.05, 4.69) is 5.32 Å². The van der Waals surface area contributed by atoms with Crippen LogP contribution in [0.25, 0.3) is 0 Å². The Morgan fingerprint density at radius 3 is 2.24 bits per heavy atom. The molecule has 0 bridgehead atoms. The number of amides is 1. The molecule has 0 saturated heterocycles. The molecule has 2 N–H and O–H groups in total. The van der Waals surface area contributed by atoms with Gasteiger partial charge in [-0.2, -0.15) is 13.2 Å². The Balaban J connectivity index is 2.01. The van der Waals surface area contributed by atoms with Gasteiger partial charge in [0.2, 0.25) is 5.91 Å². The molecule has 1 aliphatic rings. The molecule has 1 aliphatic carbocycles. The third-order valence-corrected chi connectivity index (χ3v) is 4.82. The quantitative estimate of drug-likeness (QED) is 0.780. The van der Waals surface area contributed by atoms with Crippen LogP contribution in [-0.4, -0.2) is 22.5 Å². The topological polar surface area (TPSA) is 66.4 Å². The van der Waals surface area contributed by atoms with Crippen molar-refractivity contribution < 1.29 is 27.9 Å². The molecule has 1 fully saturated rings. The molecule has 1 unspecified atom stereocenters. The van der Waals surface area contributed by atoms with Crippen molar-refractivity contribution in [1.29, 1.82) is 0 Å². The predicted octanol–water partition coefficient (Wildman–Crippen LogP) is 3.79. The first kappa shape index (κ1) is 19.3. The molecule has 7 heteroatoms. The van der Waals surface area contributed by atoms with Gasteiger partial charge >= 0.3 is 12.1 Å². The number of carboxylic acids is 1. The molecule has 1 aromatic rings. The monoisotopic (exact) mass is 357 g/mol. The van der Waals surface area contributed by atoms with Gasteiger partial charge in [-0.15, -0.1) is 0 Å². The highest BCUT2D eigenvalue weighted by molar-refractivity contribution is 5.81. The summed E-state index contributed by atoms with van der Waals surface area (Å²) in [5.74, 6) is -1.58. The number of aliphatic carboxylic acids is 1. The van der Waals surface area contributed by atoms with Crippen molar-refractivity contribution in [3.63, 3.8) is 0 Å². The number of nitrogens with one attached hydrogen (secondary N) is 1. The lowest BCUT2D eigenvalue weighted by atomic mass is 9.74. The van der Waals surface area contributed by atoms with Crippen LogP contribution in [0.1, 0.15) is 50.2 Å². The van der Waals surface area contributed by atoms with E-state index in [1.165, 1.54) is 12.1 Å². The fraction of sp³-hybridized carbons (Fsp3) is 0.556. The van der Waals surface area contributed by atoms with Crippen LogP contribution in [-0.2, 0) is 22.2 Å². The molecule has 0 spiro atoms. The van der Waals surface area contributed by atoms with Crippen LogP contribution in [0, 0.1) is 5.92 Å². The van der Waals surface area contributed by atoms with E-state index in [4.69, 9.17) is 5.11 Å². The van der Waals surface area contributed by atoms with Gasteiger partial charge in [0.1, 0.15) is 0 Å². The Morgan fingerprint density at radius 2 is 1.84 bits per heavy atom. The Labute approximate surface area is 144 Å². The maximum absolute atomic E-state index is 12.6. The zero-order valence-electron chi connectivity index (χ0n) is 14.0. The van der Waals surface area contributed by atoms with Gasteiger partial charge in [-0.25, -0.2) is 0 Å². The summed E-state index contributed by atoms with van der Waals surface area (Å²) in [6, 6.07) is 4.79. The lowest BCUT2D eigenvalue weighted by Gasteiger charge is -2.42. The van der Waals surface area contributed by atoms with Crippen molar-refractivity contribution in [2.24, 2.45) is 5.92 Å². The average Bonchev–Trinajstić information content (AvgIpc) is 2.49. The number of hydrogen-bond acceptors (Lipinski definition) is 2. The van der Waals surface area contributed by atoms with Crippen molar-refractivity contribution in [3.05, 3.63) is 35.4 Å². The van der Waals surface area contributed by atoms with Gasteiger partial charge in [-0.3, -0.25) is 9.59 Å². The summed E-state index contributed by atoms with van der Waals surface area (Å²) in [4.78, 5) is 23.5. The molecule has 1 saturated carbocycles. The zero-order chi connectivity index (χ0) is 18.7. The molecule has 25 heavy (non-hydrogen) atoms. The summed E-state index contributed by atoms with van der Waals surface area (Å²) in [5.41, 5.74) is -0.740. The van der Waals surface area contributed by atoms with Gasteiger partial charge in [-0.05, 0) is 49.8 Å². The summed E-state index contributed by atoms with van der Waals surface area (Å²) in [7, 11) is 0. The SMILES string of the molecule is CCC(Cc1ccc(C(F)(F)F)cc1)C(=O)NC1(CC(=O)O)CCC1. The number of hydrogen-bond donors (Lipinski definition) is 2. The highest BCUT2D eigenvalue weighted by Crippen LogP contribution is 2.35. The van der Waals surface area contributed by atoms with E-state index in [1.807, 2.05) is 6.92 Å². The maximum Gasteiger partial charge on any atom is 0.416 e.